The monoisotopic (exact) mass is 597 g/mol. The van der Waals surface area contributed by atoms with Crippen molar-refractivity contribution in [1.29, 1.82) is 0 Å². The maximum Gasteiger partial charge on any atom is 0.264 e. The molecule has 0 unspecified atom stereocenters. The van der Waals surface area contributed by atoms with Crippen molar-refractivity contribution in [2.24, 2.45) is 0 Å². The van der Waals surface area contributed by atoms with Crippen molar-refractivity contribution in [2.45, 2.75) is 63.1 Å². The van der Waals surface area contributed by atoms with E-state index in [1.807, 2.05) is 12.1 Å². The van der Waals surface area contributed by atoms with Crippen LogP contribution in [0.15, 0.2) is 77.7 Å². The first kappa shape index (κ1) is 30.4. The second-order valence-electron chi connectivity index (χ2n) is 10.3. The number of nitrogens with one attached hydrogen (secondary N) is 1. The van der Waals surface area contributed by atoms with Gasteiger partial charge in [0, 0.05) is 17.6 Å². The lowest BCUT2D eigenvalue weighted by atomic mass is 10.1. The van der Waals surface area contributed by atoms with Crippen molar-refractivity contribution in [3.63, 3.8) is 0 Å². The lowest BCUT2D eigenvalue weighted by molar-refractivity contribution is -0.139. The van der Waals surface area contributed by atoms with Crippen LogP contribution in [0.2, 0.25) is 5.02 Å². The molecule has 1 aliphatic rings. The minimum atomic E-state index is -4.16. The van der Waals surface area contributed by atoms with E-state index in [2.05, 4.69) is 5.32 Å². The van der Waals surface area contributed by atoms with Gasteiger partial charge in [0.05, 0.1) is 17.7 Å². The summed E-state index contributed by atoms with van der Waals surface area (Å²) in [7, 11) is -2.61. The molecule has 0 aromatic heterocycles. The van der Waals surface area contributed by atoms with Crippen LogP contribution in [-0.2, 0) is 26.2 Å². The fraction of sp³-hybridized carbons (Fsp3) is 0.355. The van der Waals surface area contributed by atoms with E-state index in [1.54, 1.807) is 63.4 Å². The summed E-state index contributed by atoms with van der Waals surface area (Å²) in [4.78, 5) is 28.9. The number of carbonyl (C=O) groups excluding carboxylic acids is 2. The molecule has 1 atom stereocenters. The van der Waals surface area contributed by atoms with Gasteiger partial charge < -0.3 is 15.0 Å². The number of methoxy groups -OCH3 is 1. The minimum Gasteiger partial charge on any atom is -0.497 e. The molecule has 0 aliphatic heterocycles. The Morgan fingerprint density at radius 1 is 1.02 bits per heavy atom. The van der Waals surface area contributed by atoms with Crippen LogP contribution in [0.25, 0.3) is 0 Å². The molecule has 2 amide bonds. The number of halogens is 1. The first-order valence-corrected chi connectivity index (χ1v) is 15.5. The number of sulfonamides is 1. The first-order chi connectivity index (χ1) is 19.6. The fourth-order valence-electron chi connectivity index (χ4n) is 5.03. The lowest BCUT2D eigenvalue weighted by Crippen LogP contribution is -2.52. The number of carbonyl (C=O) groups is 2. The molecule has 0 saturated heterocycles. The Morgan fingerprint density at radius 3 is 2.41 bits per heavy atom. The van der Waals surface area contributed by atoms with Crippen LogP contribution < -0.4 is 14.4 Å². The van der Waals surface area contributed by atoms with E-state index in [9.17, 15) is 18.0 Å². The summed E-state index contributed by atoms with van der Waals surface area (Å²) < 4.78 is 34.3. The van der Waals surface area contributed by atoms with Gasteiger partial charge in [-0.2, -0.15) is 0 Å². The molecule has 0 spiro atoms. The van der Waals surface area contributed by atoms with Crippen LogP contribution >= 0.6 is 11.6 Å². The number of ether oxygens (including phenoxy) is 1. The molecule has 10 heteroatoms. The molecule has 1 saturated carbocycles. The van der Waals surface area contributed by atoms with Gasteiger partial charge in [-0.05, 0) is 74.2 Å². The highest BCUT2D eigenvalue weighted by atomic mass is 35.5. The van der Waals surface area contributed by atoms with Crippen molar-refractivity contribution < 1.29 is 22.7 Å². The number of hydrogen-bond acceptors (Lipinski definition) is 5. The topological polar surface area (TPSA) is 96.0 Å². The van der Waals surface area contributed by atoms with Gasteiger partial charge >= 0.3 is 0 Å². The normalized spacial score (nSPS) is 14.3. The molecule has 0 heterocycles. The third-order valence-electron chi connectivity index (χ3n) is 7.41. The quantitative estimate of drug-likeness (QED) is 0.322. The molecule has 3 aromatic rings. The Bertz CT molecular complexity index is 1480. The van der Waals surface area contributed by atoms with E-state index < -0.39 is 28.5 Å². The number of hydrogen-bond donors (Lipinski definition) is 1. The second kappa shape index (κ2) is 13.4. The van der Waals surface area contributed by atoms with Crippen LogP contribution in [0.1, 0.15) is 43.7 Å². The summed E-state index contributed by atoms with van der Waals surface area (Å²) in [6, 6.07) is 19.3. The molecule has 1 aliphatic carbocycles. The Kier molecular flexibility index (Phi) is 9.94. The summed E-state index contributed by atoms with van der Waals surface area (Å²) in [6.45, 7) is 2.99. The van der Waals surface area contributed by atoms with Crippen molar-refractivity contribution in [2.75, 3.05) is 18.0 Å². The number of rotatable bonds is 11. The zero-order valence-corrected chi connectivity index (χ0v) is 25.1. The van der Waals surface area contributed by atoms with Gasteiger partial charge in [0.25, 0.3) is 10.0 Å². The smallest absolute Gasteiger partial charge is 0.264 e. The summed E-state index contributed by atoms with van der Waals surface area (Å²) in [5.41, 5.74) is 1.67. The summed E-state index contributed by atoms with van der Waals surface area (Å²) in [5.74, 6) is -0.189. The van der Waals surface area contributed by atoms with Crippen molar-refractivity contribution >= 4 is 39.1 Å². The maximum atomic E-state index is 14.1. The Morgan fingerprint density at radius 2 is 1.73 bits per heavy atom. The Hall–Kier alpha value is -3.56. The van der Waals surface area contributed by atoms with E-state index >= 15 is 0 Å². The van der Waals surface area contributed by atoms with E-state index in [0.717, 1.165) is 35.6 Å². The zero-order chi connectivity index (χ0) is 29.6. The summed E-state index contributed by atoms with van der Waals surface area (Å²) in [6.07, 6.45) is 3.91. The van der Waals surface area contributed by atoms with E-state index in [4.69, 9.17) is 16.3 Å². The molecule has 41 heavy (non-hydrogen) atoms. The third-order valence-corrected chi connectivity index (χ3v) is 9.41. The minimum absolute atomic E-state index is 0.0403. The van der Waals surface area contributed by atoms with E-state index in [1.165, 1.54) is 23.1 Å². The largest absolute Gasteiger partial charge is 0.497 e. The van der Waals surface area contributed by atoms with Gasteiger partial charge in [0.15, 0.2) is 0 Å². The summed E-state index contributed by atoms with van der Waals surface area (Å²) >= 11 is 6.28. The number of nitrogens with zero attached hydrogens (tertiary/aromatic N) is 2. The van der Waals surface area contributed by atoms with Crippen LogP contribution in [0.3, 0.4) is 0 Å². The van der Waals surface area contributed by atoms with Crippen LogP contribution in [-0.4, -0.2) is 50.9 Å². The van der Waals surface area contributed by atoms with E-state index in [-0.39, 0.29) is 23.4 Å². The van der Waals surface area contributed by atoms with Gasteiger partial charge in [-0.3, -0.25) is 13.9 Å². The molecule has 0 bridgehead atoms. The van der Waals surface area contributed by atoms with Gasteiger partial charge in [0.2, 0.25) is 11.8 Å². The zero-order valence-electron chi connectivity index (χ0n) is 23.5. The molecule has 1 N–H and O–H groups in total. The highest BCUT2D eigenvalue weighted by molar-refractivity contribution is 7.92. The molecule has 8 nitrogen and oxygen atoms in total. The van der Waals surface area contributed by atoms with Crippen molar-refractivity contribution in [3.05, 3.63) is 88.9 Å². The Labute approximate surface area is 247 Å². The number of benzene rings is 3. The average Bonchev–Trinajstić information content (AvgIpc) is 3.49. The maximum absolute atomic E-state index is 14.1. The SMILES string of the molecule is COc1cccc(CN(C(=O)CN(c2cc(Cl)ccc2C)S(=O)(=O)c2ccccc2)[C@@H](C)C(=O)NC2CCCC2)c1. The van der Waals surface area contributed by atoms with Crippen LogP contribution in [0, 0.1) is 6.92 Å². The molecular formula is C31H36ClN3O5S. The van der Waals surface area contributed by atoms with Crippen molar-refractivity contribution in [3.8, 4) is 5.75 Å². The Balaban J connectivity index is 1.71. The molecule has 1 fully saturated rings. The standard InChI is InChI=1S/C31H36ClN3O5S/c1-22-16-17-25(32)19-29(22)35(41(38,39)28-14-5-4-6-15-28)21-30(36)34(20-24-10-9-13-27(18-24)40-3)23(2)31(37)33-26-11-7-8-12-26/h4-6,9-10,13-19,23,26H,7-8,11-12,20-21H2,1-3H3,(H,33,37)/t23-/m0/s1. The number of amides is 2. The van der Waals surface area contributed by atoms with Gasteiger partial charge in [-0.15, -0.1) is 0 Å². The first-order valence-electron chi connectivity index (χ1n) is 13.7. The van der Waals surface area contributed by atoms with E-state index in [0.29, 0.717) is 22.0 Å². The highest BCUT2D eigenvalue weighted by Crippen LogP contribution is 2.30. The van der Waals surface area contributed by atoms with Crippen LogP contribution in [0.5, 0.6) is 5.75 Å². The van der Waals surface area contributed by atoms with Crippen LogP contribution in [0.4, 0.5) is 5.69 Å². The van der Waals surface area contributed by atoms with Crippen molar-refractivity contribution in [1.82, 2.24) is 10.2 Å². The van der Waals surface area contributed by atoms with Gasteiger partial charge in [0.1, 0.15) is 18.3 Å². The number of aryl methyl sites for hydroxylation is 1. The van der Waals surface area contributed by atoms with Gasteiger partial charge in [-0.1, -0.05) is 60.8 Å². The lowest BCUT2D eigenvalue weighted by Gasteiger charge is -2.33. The molecule has 4 rings (SSSR count). The fourth-order valence-corrected chi connectivity index (χ4v) is 6.68. The predicted octanol–water partition coefficient (Wildman–Crippen LogP) is 5.33. The predicted molar refractivity (Wildman–Crippen MR) is 161 cm³/mol. The van der Waals surface area contributed by atoms with Gasteiger partial charge in [-0.25, -0.2) is 8.42 Å². The molecule has 3 aromatic carbocycles. The summed E-state index contributed by atoms with van der Waals surface area (Å²) in [5, 5.41) is 3.41. The average molecular weight is 598 g/mol. The molecule has 218 valence electrons. The molecular weight excluding hydrogens is 562 g/mol. The highest BCUT2D eigenvalue weighted by Gasteiger charge is 2.34. The second-order valence-corrected chi connectivity index (χ2v) is 12.6. The molecule has 0 radical (unpaired) electrons. The third kappa shape index (κ3) is 7.40. The number of anilines is 1.